The van der Waals surface area contributed by atoms with Crippen molar-refractivity contribution in [1.82, 2.24) is 19.0 Å². The van der Waals surface area contributed by atoms with Gasteiger partial charge in [0.15, 0.2) is 5.69 Å². The summed E-state index contributed by atoms with van der Waals surface area (Å²) in [6, 6.07) is 9.69. The molecule has 14 heteroatoms. The number of rotatable bonds is 8. The highest BCUT2D eigenvalue weighted by Crippen LogP contribution is 2.36. The first-order valence-electron chi connectivity index (χ1n) is 13.3. The summed E-state index contributed by atoms with van der Waals surface area (Å²) in [7, 11) is 0. The molecule has 3 aromatic heterocycles. The van der Waals surface area contributed by atoms with Gasteiger partial charge in [-0.25, -0.2) is 14.2 Å². The van der Waals surface area contributed by atoms with Crippen LogP contribution in [0.4, 0.5) is 13.2 Å². The minimum absolute atomic E-state index is 0.0858. The van der Waals surface area contributed by atoms with Gasteiger partial charge in [0.1, 0.15) is 12.4 Å². The average molecular weight is 615 g/mol. The zero-order valence-corrected chi connectivity index (χ0v) is 23.3. The highest BCUT2D eigenvalue weighted by atomic mass is 32.1. The standard InChI is InChI=1S/C29H25F3N4O6S/c30-29(31,32)18-4-5-23-20(13-18)24(36-26(37)21-15-43-16-22(21)33-28(36)40)25(27(38)39)35(23)14-17-2-1-3-19(12-17)42-11-8-34-6-9-41-10-7-34/h1-5,12-13,15-16H,6-11,14H2,(H,33,40)(H,38,39). The fraction of sp³-hybridized carbons (Fsp3) is 0.276. The number of H-pyrrole nitrogens is 1. The molecule has 0 radical (unpaired) electrons. The monoisotopic (exact) mass is 614 g/mol. The third-order valence-corrected chi connectivity index (χ3v) is 8.09. The van der Waals surface area contributed by atoms with Crippen LogP contribution in [0.15, 0.2) is 62.8 Å². The van der Waals surface area contributed by atoms with E-state index in [0.717, 1.165) is 42.6 Å². The number of aromatic carboxylic acids is 1. The molecule has 6 rings (SSSR count). The van der Waals surface area contributed by atoms with Crippen molar-refractivity contribution in [2.24, 2.45) is 0 Å². The van der Waals surface area contributed by atoms with Crippen molar-refractivity contribution in [2.75, 3.05) is 39.5 Å². The number of carbonyl (C=O) groups is 1. The van der Waals surface area contributed by atoms with Crippen LogP contribution in [0.3, 0.4) is 0 Å². The second kappa shape index (κ2) is 11.4. The number of aromatic nitrogens is 3. The average Bonchev–Trinajstić information content (AvgIpc) is 3.56. The van der Waals surface area contributed by atoms with Gasteiger partial charge < -0.3 is 24.1 Å². The number of nitrogens with one attached hydrogen (secondary N) is 1. The first kappa shape index (κ1) is 28.7. The Morgan fingerprint density at radius 2 is 1.86 bits per heavy atom. The van der Waals surface area contributed by atoms with Crippen molar-refractivity contribution in [3.05, 3.63) is 90.9 Å². The zero-order valence-electron chi connectivity index (χ0n) is 22.5. The number of hydrogen-bond donors (Lipinski definition) is 2. The Kier molecular flexibility index (Phi) is 7.58. The van der Waals surface area contributed by atoms with Gasteiger partial charge in [0.2, 0.25) is 0 Å². The van der Waals surface area contributed by atoms with E-state index in [0.29, 0.717) is 42.2 Å². The molecule has 0 bridgehead atoms. The van der Waals surface area contributed by atoms with Crippen LogP contribution in [-0.2, 0) is 17.5 Å². The second-order valence-corrected chi connectivity index (χ2v) is 10.8. The first-order chi connectivity index (χ1) is 20.6. The predicted octanol–water partition coefficient (Wildman–Crippen LogP) is 4.17. The van der Waals surface area contributed by atoms with E-state index in [9.17, 15) is 32.7 Å². The number of thiophene rings is 1. The number of fused-ring (bicyclic) bond motifs is 2. The molecule has 0 saturated carbocycles. The summed E-state index contributed by atoms with van der Waals surface area (Å²) in [5, 5.41) is 13.3. The molecule has 0 amide bonds. The van der Waals surface area contributed by atoms with Crippen molar-refractivity contribution in [3.8, 4) is 11.4 Å². The van der Waals surface area contributed by atoms with E-state index in [1.54, 1.807) is 29.6 Å². The van der Waals surface area contributed by atoms with E-state index < -0.39 is 40.3 Å². The van der Waals surface area contributed by atoms with Gasteiger partial charge in [0.25, 0.3) is 5.56 Å². The van der Waals surface area contributed by atoms with E-state index in [2.05, 4.69) is 9.88 Å². The van der Waals surface area contributed by atoms with Crippen LogP contribution in [0.1, 0.15) is 21.6 Å². The molecule has 224 valence electrons. The molecule has 4 heterocycles. The maximum atomic E-state index is 13.8. The maximum absolute atomic E-state index is 13.8. The number of carboxylic acids is 1. The topological polar surface area (TPSA) is 119 Å². The van der Waals surface area contributed by atoms with Crippen LogP contribution in [-0.4, -0.2) is 69.5 Å². The molecule has 0 aliphatic carbocycles. The Balaban J connectivity index is 1.46. The lowest BCUT2D eigenvalue weighted by atomic mass is 10.1. The Hall–Kier alpha value is -4.40. The maximum Gasteiger partial charge on any atom is 0.416 e. The van der Waals surface area contributed by atoms with E-state index in [1.165, 1.54) is 9.95 Å². The molecule has 1 fully saturated rings. The van der Waals surface area contributed by atoms with Crippen molar-refractivity contribution < 1.29 is 32.5 Å². The van der Waals surface area contributed by atoms with Gasteiger partial charge in [-0.05, 0) is 35.9 Å². The zero-order chi connectivity index (χ0) is 30.3. The third kappa shape index (κ3) is 5.56. The first-order valence-corrected chi connectivity index (χ1v) is 14.3. The number of halogens is 3. The summed E-state index contributed by atoms with van der Waals surface area (Å²) in [5.74, 6) is -0.983. The molecule has 0 unspecified atom stereocenters. The second-order valence-electron chi connectivity index (χ2n) is 10.0. The number of hydrogen-bond acceptors (Lipinski definition) is 7. The minimum Gasteiger partial charge on any atom is -0.492 e. The minimum atomic E-state index is -4.75. The predicted molar refractivity (Wildman–Crippen MR) is 154 cm³/mol. The molecule has 1 aliphatic rings. The van der Waals surface area contributed by atoms with E-state index in [1.807, 2.05) is 0 Å². The largest absolute Gasteiger partial charge is 0.492 e. The molecular weight excluding hydrogens is 589 g/mol. The number of nitrogens with zero attached hydrogens (tertiary/aromatic N) is 3. The fourth-order valence-corrected chi connectivity index (χ4v) is 6.05. The van der Waals surface area contributed by atoms with Gasteiger partial charge in [-0.2, -0.15) is 13.2 Å². The Bertz CT molecular complexity index is 1950. The van der Waals surface area contributed by atoms with Crippen molar-refractivity contribution in [1.29, 1.82) is 0 Å². The molecule has 2 N–H and O–H groups in total. The lowest BCUT2D eigenvalue weighted by Crippen LogP contribution is -2.38. The van der Waals surface area contributed by atoms with Crippen molar-refractivity contribution in [2.45, 2.75) is 12.7 Å². The van der Waals surface area contributed by atoms with Gasteiger partial charge in [-0.15, -0.1) is 11.3 Å². The summed E-state index contributed by atoms with van der Waals surface area (Å²) in [6.07, 6.45) is -4.75. The summed E-state index contributed by atoms with van der Waals surface area (Å²) >= 11 is 1.15. The number of alkyl halides is 3. The Morgan fingerprint density at radius 3 is 2.60 bits per heavy atom. The molecule has 10 nitrogen and oxygen atoms in total. The summed E-state index contributed by atoms with van der Waals surface area (Å²) < 4.78 is 54.5. The molecular formula is C29H25F3N4O6S. The van der Waals surface area contributed by atoms with Gasteiger partial charge >= 0.3 is 17.8 Å². The lowest BCUT2D eigenvalue weighted by Gasteiger charge is -2.26. The van der Waals surface area contributed by atoms with Crippen molar-refractivity contribution >= 4 is 39.1 Å². The van der Waals surface area contributed by atoms with Crippen molar-refractivity contribution in [3.63, 3.8) is 0 Å². The van der Waals surface area contributed by atoms with Crippen LogP contribution in [0, 0.1) is 0 Å². The molecule has 2 aromatic carbocycles. The SMILES string of the molecule is O=C(O)c1c(-n2c(=O)[nH]c3cscc3c2=O)c2cc(C(F)(F)F)ccc2n1Cc1cccc(OCCN2CCOCC2)c1. The number of carboxylic acid groups (broad SMARTS) is 1. The molecule has 1 aliphatic heterocycles. The summed E-state index contributed by atoms with van der Waals surface area (Å²) in [5.41, 5.74) is -2.84. The number of aromatic amines is 1. The van der Waals surface area contributed by atoms with Crippen LogP contribution < -0.4 is 16.0 Å². The molecule has 0 atom stereocenters. The normalized spacial score (nSPS) is 14.5. The quantitative estimate of drug-likeness (QED) is 0.269. The molecule has 1 saturated heterocycles. The Morgan fingerprint density at radius 1 is 1.07 bits per heavy atom. The van der Waals surface area contributed by atoms with E-state index >= 15 is 0 Å². The highest BCUT2D eigenvalue weighted by molar-refractivity contribution is 7.09. The number of benzene rings is 2. The van der Waals surface area contributed by atoms with Crippen LogP contribution in [0.5, 0.6) is 5.75 Å². The summed E-state index contributed by atoms with van der Waals surface area (Å²) in [4.78, 5) is 44.1. The van der Waals surface area contributed by atoms with Crippen LogP contribution in [0.25, 0.3) is 27.5 Å². The molecule has 0 spiro atoms. The smallest absolute Gasteiger partial charge is 0.416 e. The number of morpholine rings is 1. The van der Waals surface area contributed by atoms with Gasteiger partial charge in [0, 0.05) is 42.3 Å². The van der Waals surface area contributed by atoms with Crippen LogP contribution >= 0.6 is 11.3 Å². The third-order valence-electron chi connectivity index (χ3n) is 7.35. The van der Waals surface area contributed by atoms with E-state index in [4.69, 9.17) is 9.47 Å². The lowest BCUT2D eigenvalue weighted by molar-refractivity contribution is -0.137. The van der Waals surface area contributed by atoms with Gasteiger partial charge in [-0.1, -0.05) is 12.1 Å². The Labute approximate surface area is 245 Å². The molecule has 43 heavy (non-hydrogen) atoms. The van der Waals surface area contributed by atoms with E-state index in [-0.39, 0.29) is 28.4 Å². The molecule has 5 aromatic rings. The summed E-state index contributed by atoms with van der Waals surface area (Å²) in [6.45, 7) is 3.98. The van der Waals surface area contributed by atoms with Gasteiger partial charge in [-0.3, -0.25) is 9.69 Å². The fourth-order valence-electron chi connectivity index (χ4n) is 5.30. The highest BCUT2D eigenvalue weighted by Gasteiger charge is 2.33. The number of ether oxygens (including phenoxy) is 2. The van der Waals surface area contributed by atoms with Gasteiger partial charge in [0.05, 0.1) is 40.9 Å². The van der Waals surface area contributed by atoms with Crippen LogP contribution in [0.2, 0.25) is 0 Å².